The molecule has 1 aliphatic heterocycles. The minimum absolute atomic E-state index is 0.0429. The summed E-state index contributed by atoms with van der Waals surface area (Å²) < 4.78 is 14.0. The van der Waals surface area contributed by atoms with E-state index in [0.717, 1.165) is 11.3 Å². The summed E-state index contributed by atoms with van der Waals surface area (Å²) in [7, 11) is 0. The quantitative estimate of drug-likeness (QED) is 0.692. The van der Waals surface area contributed by atoms with Crippen molar-refractivity contribution in [2.45, 2.75) is 0 Å². The number of aromatic nitrogens is 1. The van der Waals surface area contributed by atoms with Gasteiger partial charge in [0.15, 0.2) is 5.01 Å². The summed E-state index contributed by atoms with van der Waals surface area (Å²) in [5.41, 5.74) is 1.96. The van der Waals surface area contributed by atoms with Crippen molar-refractivity contribution in [3.8, 4) is 27.8 Å². The summed E-state index contributed by atoms with van der Waals surface area (Å²) in [5, 5.41) is 12.1. The van der Waals surface area contributed by atoms with E-state index in [2.05, 4.69) is 16.4 Å². The lowest BCUT2D eigenvalue weighted by molar-refractivity contribution is -0.118. The Hall–Kier alpha value is -3.28. The minimum atomic E-state index is -0.514. The van der Waals surface area contributed by atoms with Gasteiger partial charge in [-0.2, -0.15) is 5.26 Å². The van der Waals surface area contributed by atoms with Crippen LogP contribution < -0.4 is 5.32 Å². The predicted octanol–water partition coefficient (Wildman–Crippen LogP) is 3.67. The third kappa shape index (κ3) is 3.83. The Bertz CT molecular complexity index is 1170. The van der Waals surface area contributed by atoms with Crippen LogP contribution in [0, 0.1) is 17.1 Å². The number of carbonyl (C=O) groups excluding carboxylic acids is 2. The van der Waals surface area contributed by atoms with E-state index >= 15 is 0 Å². The molecule has 4 rings (SSSR count). The largest absolute Gasteiger partial charge is 0.337 e. The zero-order valence-electron chi connectivity index (χ0n) is 14.8. The first kappa shape index (κ1) is 19.1. The normalized spacial score (nSPS) is 13.3. The van der Waals surface area contributed by atoms with Gasteiger partial charge in [0.2, 0.25) is 5.91 Å². The maximum atomic E-state index is 14.0. The van der Waals surface area contributed by atoms with Gasteiger partial charge in [-0.3, -0.25) is 9.59 Å². The molecule has 3 aromatic rings. The summed E-state index contributed by atoms with van der Waals surface area (Å²) in [5.74, 6) is -1.16. The van der Waals surface area contributed by atoms with E-state index in [0.29, 0.717) is 27.3 Å². The van der Waals surface area contributed by atoms with Gasteiger partial charge in [0.1, 0.15) is 12.4 Å². The summed E-state index contributed by atoms with van der Waals surface area (Å²) in [6.07, 6.45) is 0. The van der Waals surface area contributed by atoms with Crippen molar-refractivity contribution in [3.63, 3.8) is 0 Å². The van der Waals surface area contributed by atoms with Crippen LogP contribution in [-0.2, 0) is 4.79 Å². The molecular formula is C20H12ClFN4O2S. The molecule has 0 aliphatic carbocycles. The van der Waals surface area contributed by atoms with Crippen LogP contribution in [0.3, 0.4) is 0 Å². The van der Waals surface area contributed by atoms with Crippen LogP contribution >= 0.6 is 22.9 Å². The van der Waals surface area contributed by atoms with Gasteiger partial charge >= 0.3 is 0 Å². The van der Waals surface area contributed by atoms with Crippen molar-refractivity contribution in [1.29, 1.82) is 5.26 Å². The topological polar surface area (TPSA) is 86.1 Å². The highest BCUT2D eigenvalue weighted by Gasteiger charge is 2.28. The second-order valence-electron chi connectivity index (χ2n) is 6.31. The van der Waals surface area contributed by atoms with Crippen LogP contribution in [0.4, 0.5) is 4.39 Å². The molecule has 1 aromatic heterocycles. The lowest BCUT2D eigenvalue weighted by atomic mass is 10.0. The van der Waals surface area contributed by atoms with E-state index in [1.807, 2.05) is 0 Å². The number of hydrogen-bond acceptors (Lipinski definition) is 5. The van der Waals surface area contributed by atoms with Crippen molar-refractivity contribution in [3.05, 3.63) is 63.9 Å². The Morgan fingerprint density at radius 3 is 2.79 bits per heavy atom. The third-order valence-corrected chi connectivity index (χ3v) is 5.60. The molecule has 1 aliphatic rings. The monoisotopic (exact) mass is 426 g/mol. The van der Waals surface area contributed by atoms with Crippen LogP contribution in [0.2, 0.25) is 5.02 Å². The van der Waals surface area contributed by atoms with E-state index < -0.39 is 11.7 Å². The second-order valence-corrected chi connectivity index (χ2v) is 7.74. The number of carbonyl (C=O) groups is 2. The Labute approximate surface area is 174 Å². The number of hydrogen-bond donors (Lipinski definition) is 1. The number of halogens is 2. The zero-order valence-corrected chi connectivity index (χ0v) is 16.4. The Kier molecular flexibility index (Phi) is 5.01. The highest BCUT2D eigenvalue weighted by atomic mass is 35.5. The molecule has 0 unspecified atom stereocenters. The van der Waals surface area contributed by atoms with Crippen LogP contribution in [0.5, 0.6) is 0 Å². The highest BCUT2D eigenvalue weighted by Crippen LogP contribution is 2.38. The summed E-state index contributed by atoms with van der Waals surface area (Å²) in [6, 6.07) is 12.9. The van der Waals surface area contributed by atoms with Crippen molar-refractivity contribution in [2.75, 3.05) is 13.2 Å². The lowest BCUT2D eigenvalue weighted by Gasteiger charge is -2.10. The van der Waals surface area contributed by atoms with Crippen LogP contribution in [0.15, 0.2) is 42.5 Å². The first-order chi connectivity index (χ1) is 13.9. The maximum absolute atomic E-state index is 14.0. The van der Waals surface area contributed by atoms with E-state index in [9.17, 15) is 19.2 Å². The summed E-state index contributed by atoms with van der Waals surface area (Å²) in [6.45, 7) is 0.0659. The van der Waals surface area contributed by atoms with E-state index in [1.54, 1.807) is 30.3 Å². The number of nitrogens with zero attached hydrogens (tertiary/aromatic N) is 3. The van der Waals surface area contributed by atoms with Crippen LogP contribution in [0.1, 0.15) is 15.4 Å². The van der Waals surface area contributed by atoms with Crippen molar-refractivity contribution >= 4 is 34.8 Å². The molecule has 1 N–H and O–H groups in total. The molecule has 0 saturated carbocycles. The molecule has 2 amide bonds. The number of benzene rings is 2. The van der Waals surface area contributed by atoms with E-state index in [-0.39, 0.29) is 29.2 Å². The lowest BCUT2D eigenvalue weighted by Crippen LogP contribution is -2.29. The van der Waals surface area contributed by atoms with Gasteiger partial charge in [0.25, 0.3) is 5.91 Å². The molecule has 2 heterocycles. The van der Waals surface area contributed by atoms with Gasteiger partial charge in [-0.05, 0) is 35.9 Å². The summed E-state index contributed by atoms with van der Waals surface area (Å²) >= 11 is 7.10. The molecule has 0 spiro atoms. The fraction of sp³-hybridized carbons (Fsp3) is 0.100. The number of nitriles is 1. The van der Waals surface area contributed by atoms with Crippen LogP contribution in [0.25, 0.3) is 21.7 Å². The molecule has 1 fully saturated rings. The van der Waals surface area contributed by atoms with Crippen molar-refractivity contribution in [1.82, 2.24) is 15.2 Å². The molecule has 6 nitrogen and oxygen atoms in total. The number of rotatable bonds is 3. The smallest absolute Gasteiger partial charge is 0.284 e. The third-order valence-electron chi connectivity index (χ3n) is 4.29. The van der Waals surface area contributed by atoms with Gasteiger partial charge in [-0.15, -0.1) is 11.3 Å². The minimum Gasteiger partial charge on any atom is -0.337 e. The predicted molar refractivity (Wildman–Crippen MR) is 107 cm³/mol. The van der Waals surface area contributed by atoms with Gasteiger partial charge in [0, 0.05) is 10.6 Å². The molecule has 0 radical (unpaired) electrons. The highest BCUT2D eigenvalue weighted by molar-refractivity contribution is 7.17. The molecule has 29 heavy (non-hydrogen) atoms. The van der Waals surface area contributed by atoms with Gasteiger partial charge in [0.05, 0.1) is 28.9 Å². The van der Waals surface area contributed by atoms with Gasteiger partial charge in [-0.25, -0.2) is 9.37 Å². The second kappa shape index (κ2) is 7.62. The van der Waals surface area contributed by atoms with Gasteiger partial charge in [-0.1, -0.05) is 23.7 Å². The first-order valence-electron chi connectivity index (χ1n) is 8.48. The van der Waals surface area contributed by atoms with Crippen LogP contribution in [-0.4, -0.2) is 34.9 Å². The first-order valence-corrected chi connectivity index (χ1v) is 9.68. The fourth-order valence-corrected chi connectivity index (χ4v) is 4.24. The molecule has 0 bridgehead atoms. The average molecular weight is 427 g/mol. The van der Waals surface area contributed by atoms with Crippen molar-refractivity contribution in [2.24, 2.45) is 0 Å². The Morgan fingerprint density at radius 2 is 2.10 bits per heavy atom. The molecule has 9 heteroatoms. The SMILES string of the molecule is N#Cc1cccc(-c2nc(C(=O)N3CNC(=O)C3)sc2-c2cc(F)cc(Cl)c2)c1. The van der Waals surface area contributed by atoms with E-state index in [1.165, 1.54) is 17.0 Å². The maximum Gasteiger partial charge on any atom is 0.284 e. The Morgan fingerprint density at radius 1 is 1.28 bits per heavy atom. The fourth-order valence-electron chi connectivity index (χ4n) is 2.97. The molecular weight excluding hydrogens is 415 g/mol. The number of thiazole rings is 1. The van der Waals surface area contributed by atoms with E-state index in [4.69, 9.17) is 11.6 Å². The van der Waals surface area contributed by atoms with Crippen molar-refractivity contribution < 1.29 is 14.0 Å². The summed E-state index contributed by atoms with van der Waals surface area (Å²) in [4.78, 5) is 30.6. The van der Waals surface area contributed by atoms with Gasteiger partial charge < -0.3 is 10.2 Å². The average Bonchev–Trinajstić information content (AvgIpc) is 3.33. The number of amides is 2. The number of nitrogens with one attached hydrogen (secondary N) is 1. The molecule has 0 atom stereocenters. The Balaban J connectivity index is 1.85. The molecule has 1 saturated heterocycles. The standard InChI is InChI=1S/C20H12ClFN4O2S/c21-14-5-13(6-15(22)7-14)18-17(12-3-1-2-11(4-12)8-23)25-19(29-18)20(28)26-9-16(27)24-10-26/h1-7H,9-10H2,(H,24,27). The molecule has 2 aromatic carbocycles. The zero-order chi connectivity index (χ0) is 20.5. The molecule has 144 valence electrons.